The first-order valence-electron chi connectivity index (χ1n) is 10.6. The Labute approximate surface area is 201 Å². The van der Waals surface area contributed by atoms with Gasteiger partial charge in [-0.25, -0.2) is 0 Å². The Bertz CT molecular complexity index is 1500. The predicted octanol–water partition coefficient (Wildman–Crippen LogP) is 5.32. The molecule has 0 bridgehead atoms. The van der Waals surface area contributed by atoms with Crippen LogP contribution in [0.2, 0.25) is 0 Å². The van der Waals surface area contributed by atoms with Gasteiger partial charge >= 0.3 is 10.8 Å². The highest BCUT2D eigenvalue weighted by molar-refractivity contribution is 7.99. The van der Waals surface area contributed by atoms with Crippen molar-refractivity contribution in [3.8, 4) is 11.4 Å². The molecular formula is C25H16N2O5S2. The van der Waals surface area contributed by atoms with Crippen molar-refractivity contribution in [1.82, 2.24) is 4.57 Å². The molecule has 0 saturated heterocycles. The van der Waals surface area contributed by atoms with Crippen molar-refractivity contribution in [2.24, 2.45) is 5.92 Å². The van der Waals surface area contributed by atoms with Gasteiger partial charge in [-0.15, -0.1) is 0 Å². The van der Waals surface area contributed by atoms with Gasteiger partial charge in [-0.3, -0.25) is 24.3 Å². The van der Waals surface area contributed by atoms with Crippen LogP contribution in [0.1, 0.15) is 27.2 Å². The number of nitrogens with zero attached hydrogens (tertiary/aromatic N) is 2. The third-order valence-electron chi connectivity index (χ3n) is 6.16. The van der Waals surface area contributed by atoms with Crippen molar-refractivity contribution < 1.29 is 14.5 Å². The highest BCUT2D eigenvalue weighted by atomic mass is 32.2. The lowest BCUT2D eigenvalue weighted by Gasteiger charge is -2.39. The van der Waals surface area contributed by atoms with Gasteiger partial charge in [0.25, 0.3) is 5.69 Å². The molecule has 2 aliphatic rings. The fraction of sp³-hybridized carbons (Fsp3) is 0.120. The number of hydrogen-bond donors (Lipinski definition) is 0. The minimum Gasteiger partial charge on any atom is -0.426 e. The number of thioether (sulfide) groups is 1. The molecule has 6 rings (SSSR count). The first-order chi connectivity index (χ1) is 16.5. The fourth-order valence-electron chi connectivity index (χ4n) is 4.69. The lowest BCUT2D eigenvalue weighted by molar-refractivity contribution is -0.385. The summed E-state index contributed by atoms with van der Waals surface area (Å²) in [7, 11) is 0. The van der Waals surface area contributed by atoms with Crippen LogP contribution in [0.3, 0.4) is 0 Å². The van der Waals surface area contributed by atoms with Crippen LogP contribution in [0, 0.1) is 16.0 Å². The molecule has 0 N–H and O–H groups in total. The second kappa shape index (κ2) is 7.96. The van der Waals surface area contributed by atoms with Gasteiger partial charge in [-0.05, 0) is 23.8 Å². The van der Waals surface area contributed by atoms with E-state index in [1.54, 1.807) is 4.57 Å². The Morgan fingerprint density at radius 1 is 0.941 bits per heavy atom. The molecule has 0 fully saturated rings. The largest absolute Gasteiger partial charge is 0.426 e. The van der Waals surface area contributed by atoms with E-state index in [0.717, 1.165) is 32.5 Å². The molecule has 7 nitrogen and oxygen atoms in total. The third kappa shape index (κ3) is 3.19. The van der Waals surface area contributed by atoms with Crippen LogP contribution in [0.4, 0.5) is 5.69 Å². The summed E-state index contributed by atoms with van der Waals surface area (Å²) in [5.41, 5.74) is 2.14. The Morgan fingerprint density at radius 3 is 2.35 bits per heavy atom. The first-order valence-corrected chi connectivity index (χ1v) is 12.3. The maximum Gasteiger partial charge on any atom is 0.316 e. The van der Waals surface area contributed by atoms with Gasteiger partial charge < -0.3 is 4.74 Å². The van der Waals surface area contributed by atoms with E-state index in [1.165, 1.54) is 30.0 Å². The SMILES string of the molecule is O=C1Oc2ccc([N+](=O)[O-])cc2[C@@H]2c3sc(=O)n(-c4ccccc4)c3S[C@H](c3ccccc3)[C@@H]12. The Kier molecular flexibility index (Phi) is 4.89. The molecule has 0 unspecified atom stereocenters. The maximum absolute atomic E-state index is 13.3. The molecular weight excluding hydrogens is 472 g/mol. The number of carbonyl (C=O) groups excluding carboxylic acids is 1. The van der Waals surface area contributed by atoms with Gasteiger partial charge in [0.05, 0.1) is 26.8 Å². The lowest BCUT2D eigenvalue weighted by atomic mass is 9.78. The van der Waals surface area contributed by atoms with Gasteiger partial charge in [-0.2, -0.15) is 0 Å². The summed E-state index contributed by atoms with van der Waals surface area (Å²) in [5, 5.41) is 12.0. The van der Waals surface area contributed by atoms with E-state index in [9.17, 15) is 19.7 Å². The maximum atomic E-state index is 13.3. The van der Waals surface area contributed by atoms with Crippen LogP contribution in [0.5, 0.6) is 5.75 Å². The smallest absolute Gasteiger partial charge is 0.316 e. The number of para-hydroxylation sites is 1. The standard InChI is InChI=1S/C25H16N2O5S2/c28-24-20-19(17-13-16(27(30)31)11-12-18(17)32-24)22-23(33-21(20)14-7-3-1-4-8-14)26(25(29)34-22)15-9-5-2-6-10-15/h1-13,19-21H/t19-,20-,21+/m0/s1. The quantitative estimate of drug-likeness (QED) is 0.168. The van der Waals surface area contributed by atoms with Crippen molar-refractivity contribution >= 4 is 34.8 Å². The topological polar surface area (TPSA) is 91.4 Å². The number of nitro groups is 1. The number of hydrogen-bond acceptors (Lipinski definition) is 7. The molecule has 0 aliphatic carbocycles. The molecule has 2 aliphatic heterocycles. The summed E-state index contributed by atoms with van der Waals surface area (Å²) >= 11 is 2.55. The number of nitro benzene ring substituents is 1. The molecule has 3 atom stereocenters. The summed E-state index contributed by atoms with van der Waals surface area (Å²) in [4.78, 5) is 38.2. The Hall–Kier alpha value is -3.69. The van der Waals surface area contributed by atoms with Crippen LogP contribution in [-0.4, -0.2) is 15.5 Å². The monoisotopic (exact) mass is 488 g/mol. The highest BCUT2D eigenvalue weighted by Gasteiger charge is 2.50. The summed E-state index contributed by atoms with van der Waals surface area (Å²) in [6.45, 7) is 0. The van der Waals surface area contributed by atoms with E-state index >= 15 is 0 Å². The average Bonchev–Trinajstić information content (AvgIpc) is 3.19. The number of ether oxygens (including phenoxy) is 1. The van der Waals surface area contributed by atoms with Gasteiger partial charge in [-0.1, -0.05) is 71.6 Å². The first kappa shape index (κ1) is 20.9. The number of carbonyl (C=O) groups is 1. The van der Waals surface area contributed by atoms with E-state index < -0.39 is 22.7 Å². The zero-order valence-corrected chi connectivity index (χ0v) is 19.1. The molecule has 0 amide bonds. The molecule has 4 aromatic rings. The van der Waals surface area contributed by atoms with Crippen LogP contribution in [-0.2, 0) is 4.79 Å². The third-order valence-corrected chi connectivity index (χ3v) is 8.76. The number of non-ortho nitro benzene ring substituents is 1. The summed E-state index contributed by atoms with van der Waals surface area (Å²) in [5.74, 6) is -1.25. The normalized spacial score (nSPS) is 20.6. The molecule has 34 heavy (non-hydrogen) atoms. The van der Waals surface area contributed by atoms with E-state index in [4.69, 9.17) is 4.74 Å². The van der Waals surface area contributed by atoms with Crippen LogP contribution in [0.25, 0.3) is 5.69 Å². The number of fused-ring (bicyclic) bond motifs is 5. The van der Waals surface area contributed by atoms with Crippen molar-refractivity contribution in [3.63, 3.8) is 0 Å². The average molecular weight is 489 g/mol. The van der Waals surface area contributed by atoms with E-state index in [2.05, 4.69) is 0 Å². The van der Waals surface area contributed by atoms with Crippen molar-refractivity contribution in [2.75, 3.05) is 0 Å². The van der Waals surface area contributed by atoms with Gasteiger partial charge in [0.1, 0.15) is 5.75 Å². The molecule has 3 aromatic carbocycles. The number of rotatable bonds is 3. The van der Waals surface area contributed by atoms with Crippen LogP contribution < -0.4 is 9.61 Å². The van der Waals surface area contributed by atoms with E-state index in [1.807, 2.05) is 60.7 Å². The second-order valence-electron chi connectivity index (χ2n) is 8.06. The van der Waals surface area contributed by atoms with Crippen LogP contribution >= 0.6 is 23.1 Å². The van der Waals surface area contributed by atoms with Gasteiger partial charge in [0.2, 0.25) is 0 Å². The summed E-state index contributed by atoms with van der Waals surface area (Å²) in [6.07, 6.45) is 0. The zero-order chi connectivity index (χ0) is 23.4. The fourth-order valence-corrected chi connectivity index (χ4v) is 7.56. The summed E-state index contributed by atoms with van der Waals surface area (Å²) in [6, 6.07) is 23.3. The zero-order valence-electron chi connectivity index (χ0n) is 17.5. The van der Waals surface area contributed by atoms with Gasteiger partial charge in [0.15, 0.2) is 0 Å². The molecule has 3 heterocycles. The van der Waals surface area contributed by atoms with E-state index in [0.29, 0.717) is 11.3 Å². The molecule has 0 saturated carbocycles. The number of thiazole rings is 1. The Balaban J connectivity index is 1.63. The molecule has 0 spiro atoms. The van der Waals surface area contributed by atoms with Crippen molar-refractivity contribution in [2.45, 2.75) is 16.2 Å². The van der Waals surface area contributed by atoms with Crippen molar-refractivity contribution in [3.05, 3.63) is 115 Å². The molecule has 168 valence electrons. The lowest BCUT2D eigenvalue weighted by Crippen LogP contribution is -2.37. The molecule has 0 radical (unpaired) electrons. The number of benzene rings is 3. The number of aromatic nitrogens is 1. The minimum atomic E-state index is -0.628. The Morgan fingerprint density at radius 2 is 1.65 bits per heavy atom. The minimum absolute atomic E-state index is 0.0821. The molecule has 9 heteroatoms. The van der Waals surface area contributed by atoms with Crippen molar-refractivity contribution in [1.29, 1.82) is 0 Å². The number of esters is 1. The second-order valence-corrected chi connectivity index (χ2v) is 10.2. The molecule has 1 aromatic heterocycles. The predicted molar refractivity (Wildman–Crippen MR) is 129 cm³/mol. The van der Waals surface area contributed by atoms with Crippen LogP contribution in [0.15, 0.2) is 88.7 Å². The highest BCUT2D eigenvalue weighted by Crippen LogP contribution is 2.59. The summed E-state index contributed by atoms with van der Waals surface area (Å²) < 4.78 is 7.34. The van der Waals surface area contributed by atoms with E-state index in [-0.39, 0.29) is 15.8 Å². The van der Waals surface area contributed by atoms with Gasteiger partial charge in [0, 0.05) is 28.5 Å².